The van der Waals surface area contributed by atoms with Gasteiger partial charge in [0.05, 0.1) is 6.10 Å². The van der Waals surface area contributed by atoms with Crippen LogP contribution in [-0.2, 0) is 9.47 Å². The predicted molar refractivity (Wildman–Crippen MR) is 57.1 cm³/mol. The van der Waals surface area contributed by atoms with Crippen molar-refractivity contribution in [2.24, 2.45) is 0 Å². The fourth-order valence-corrected chi connectivity index (χ4v) is 0.980. The zero-order chi connectivity index (χ0) is 11.7. The third-order valence-corrected chi connectivity index (χ3v) is 1.57. The van der Waals surface area contributed by atoms with Gasteiger partial charge in [0.1, 0.15) is 6.10 Å². The number of ether oxygens (including phenoxy) is 2. The topological polar surface area (TPSA) is 58.9 Å². The highest BCUT2D eigenvalue weighted by molar-refractivity contribution is 5.07. The molecule has 0 aromatic rings. The summed E-state index contributed by atoms with van der Waals surface area (Å²) in [5.41, 5.74) is 0. The molecule has 0 spiro atoms. The summed E-state index contributed by atoms with van der Waals surface area (Å²) in [4.78, 5) is 0. The molecule has 4 nitrogen and oxygen atoms in total. The van der Waals surface area contributed by atoms with E-state index in [4.69, 9.17) is 14.6 Å². The van der Waals surface area contributed by atoms with Crippen LogP contribution in [0.2, 0.25) is 0 Å². The molecule has 0 heterocycles. The first-order valence-corrected chi connectivity index (χ1v) is 5.20. The van der Waals surface area contributed by atoms with E-state index in [-0.39, 0.29) is 6.42 Å². The molecule has 0 aromatic carbocycles. The molecule has 2 N–H and O–H groups in total. The highest BCUT2D eigenvalue weighted by Gasteiger charge is 2.06. The van der Waals surface area contributed by atoms with E-state index in [0.717, 1.165) is 0 Å². The molecule has 0 fully saturated rings. The van der Waals surface area contributed by atoms with Crippen LogP contribution in [-0.4, -0.2) is 41.9 Å². The molecule has 0 aromatic heterocycles. The third kappa shape index (κ3) is 8.40. The summed E-state index contributed by atoms with van der Waals surface area (Å²) in [6.45, 7) is 6.31. The lowest BCUT2D eigenvalue weighted by atomic mass is 10.2. The van der Waals surface area contributed by atoms with Crippen molar-refractivity contribution in [1.29, 1.82) is 0 Å². The standard InChI is InChI=1S/C11H20O4/c1-4-14-11(15-5-2)7-6-10(13)8-9(3)12/h9-13H,4-5,8H2,1-3H3/t9-,10-/m1/s1. The Labute approximate surface area is 91.2 Å². The second kappa shape index (κ2) is 8.69. The number of aliphatic hydroxyl groups excluding tert-OH is 2. The van der Waals surface area contributed by atoms with Gasteiger partial charge < -0.3 is 19.7 Å². The fourth-order valence-electron chi connectivity index (χ4n) is 0.980. The molecule has 15 heavy (non-hydrogen) atoms. The molecule has 2 atom stereocenters. The molecular weight excluding hydrogens is 196 g/mol. The van der Waals surface area contributed by atoms with Gasteiger partial charge in [0, 0.05) is 19.6 Å². The van der Waals surface area contributed by atoms with Gasteiger partial charge in [0.2, 0.25) is 6.29 Å². The van der Waals surface area contributed by atoms with Crippen molar-refractivity contribution in [3.05, 3.63) is 0 Å². The summed E-state index contributed by atoms with van der Waals surface area (Å²) < 4.78 is 10.3. The molecule has 88 valence electrons. The Balaban J connectivity index is 4.06. The van der Waals surface area contributed by atoms with Crippen LogP contribution >= 0.6 is 0 Å². The lowest BCUT2D eigenvalue weighted by molar-refractivity contribution is -0.0972. The van der Waals surface area contributed by atoms with Crippen molar-refractivity contribution in [1.82, 2.24) is 0 Å². The lowest BCUT2D eigenvalue weighted by Gasteiger charge is -2.10. The normalized spacial score (nSPS) is 14.5. The van der Waals surface area contributed by atoms with Gasteiger partial charge in [0.25, 0.3) is 0 Å². The van der Waals surface area contributed by atoms with Gasteiger partial charge in [-0.3, -0.25) is 0 Å². The van der Waals surface area contributed by atoms with E-state index < -0.39 is 18.5 Å². The molecule has 0 bridgehead atoms. The third-order valence-electron chi connectivity index (χ3n) is 1.57. The number of hydrogen-bond acceptors (Lipinski definition) is 4. The number of aliphatic hydroxyl groups is 2. The molecule has 0 aliphatic heterocycles. The van der Waals surface area contributed by atoms with Crippen LogP contribution in [0.1, 0.15) is 27.2 Å². The van der Waals surface area contributed by atoms with Gasteiger partial charge in [-0.1, -0.05) is 5.92 Å². The molecule has 0 rings (SSSR count). The zero-order valence-electron chi connectivity index (χ0n) is 9.56. The van der Waals surface area contributed by atoms with Gasteiger partial charge in [-0.2, -0.15) is 0 Å². The highest BCUT2D eigenvalue weighted by atomic mass is 16.7. The lowest BCUT2D eigenvalue weighted by Crippen LogP contribution is -2.17. The van der Waals surface area contributed by atoms with Crippen molar-refractivity contribution in [2.75, 3.05) is 13.2 Å². The molecule has 0 saturated carbocycles. The first kappa shape index (κ1) is 14.4. The number of hydrogen-bond donors (Lipinski definition) is 2. The van der Waals surface area contributed by atoms with Crippen molar-refractivity contribution in [3.63, 3.8) is 0 Å². The molecule has 0 unspecified atom stereocenters. The van der Waals surface area contributed by atoms with E-state index in [1.54, 1.807) is 6.92 Å². The van der Waals surface area contributed by atoms with E-state index >= 15 is 0 Å². The second-order valence-corrected chi connectivity index (χ2v) is 3.13. The average Bonchev–Trinajstić information content (AvgIpc) is 2.14. The molecule has 0 aliphatic carbocycles. The first-order chi connectivity index (χ1) is 7.10. The monoisotopic (exact) mass is 216 g/mol. The van der Waals surface area contributed by atoms with E-state index in [9.17, 15) is 5.11 Å². The van der Waals surface area contributed by atoms with Gasteiger partial charge in [-0.25, -0.2) is 0 Å². The largest absolute Gasteiger partial charge is 0.393 e. The van der Waals surface area contributed by atoms with Crippen LogP contribution in [0.3, 0.4) is 0 Å². The first-order valence-electron chi connectivity index (χ1n) is 5.20. The summed E-state index contributed by atoms with van der Waals surface area (Å²) in [6.07, 6.45) is -1.76. The van der Waals surface area contributed by atoms with Crippen LogP contribution < -0.4 is 0 Å². The molecule has 0 radical (unpaired) electrons. The molecule has 4 heteroatoms. The van der Waals surface area contributed by atoms with Crippen molar-refractivity contribution >= 4 is 0 Å². The minimum atomic E-state index is -0.839. The second-order valence-electron chi connectivity index (χ2n) is 3.13. The van der Waals surface area contributed by atoms with E-state index in [2.05, 4.69) is 11.8 Å². The molecular formula is C11H20O4. The Morgan fingerprint density at radius 2 is 1.60 bits per heavy atom. The van der Waals surface area contributed by atoms with E-state index in [1.807, 2.05) is 13.8 Å². The summed E-state index contributed by atoms with van der Waals surface area (Å²) in [6, 6.07) is 0. The maximum atomic E-state index is 9.36. The Morgan fingerprint density at radius 1 is 1.07 bits per heavy atom. The average molecular weight is 216 g/mol. The van der Waals surface area contributed by atoms with Gasteiger partial charge in [-0.15, -0.1) is 0 Å². The summed E-state index contributed by atoms with van der Waals surface area (Å²) in [5, 5.41) is 18.4. The van der Waals surface area contributed by atoms with Crippen molar-refractivity contribution < 1.29 is 19.7 Å². The van der Waals surface area contributed by atoms with Crippen LogP contribution in [0.5, 0.6) is 0 Å². The maximum absolute atomic E-state index is 9.36. The number of rotatable bonds is 6. The Kier molecular flexibility index (Phi) is 8.34. The minimum Gasteiger partial charge on any atom is -0.393 e. The quantitative estimate of drug-likeness (QED) is 0.502. The van der Waals surface area contributed by atoms with Gasteiger partial charge in [0.15, 0.2) is 0 Å². The van der Waals surface area contributed by atoms with Crippen molar-refractivity contribution in [3.8, 4) is 11.8 Å². The van der Waals surface area contributed by atoms with Gasteiger partial charge in [-0.05, 0) is 26.7 Å². The smallest absolute Gasteiger partial charge is 0.222 e. The summed E-state index contributed by atoms with van der Waals surface area (Å²) in [7, 11) is 0. The molecule has 0 amide bonds. The molecule has 0 saturated heterocycles. The van der Waals surface area contributed by atoms with Crippen molar-refractivity contribution in [2.45, 2.75) is 45.7 Å². The molecule has 0 aliphatic rings. The fraction of sp³-hybridized carbons (Fsp3) is 0.818. The van der Waals surface area contributed by atoms with Crippen LogP contribution in [0.4, 0.5) is 0 Å². The Bertz CT molecular complexity index is 198. The summed E-state index contributed by atoms with van der Waals surface area (Å²) >= 11 is 0. The predicted octanol–water partition coefficient (Wildman–Crippen LogP) is 0.521. The van der Waals surface area contributed by atoms with E-state index in [0.29, 0.717) is 13.2 Å². The van der Waals surface area contributed by atoms with Crippen LogP contribution in [0, 0.1) is 11.8 Å². The maximum Gasteiger partial charge on any atom is 0.222 e. The SMILES string of the molecule is CCOC(C#C[C@@H](O)C[C@@H](C)O)OCC. The van der Waals surface area contributed by atoms with Crippen LogP contribution in [0.25, 0.3) is 0 Å². The van der Waals surface area contributed by atoms with Gasteiger partial charge >= 0.3 is 0 Å². The summed E-state index contributed by atoms with van der Waals surface area (Å²) in [5.74, 6) is 5.25. The van der Waals surface area contributed by atoms with Crippen LogP contribution in [0.15, 0.2) is 0 Å². The Morgan fingerprint density at radius 3 is 2.00 bits per heavy atom. The Hall–Kier alpha value is -0.600. The minimum absolute atomic E-state index is 0.234. The zero-order valence-corrected chi connectivity index (χ0v) is 9.56. The highest BCUT2D eigenvalue weighted by Crippen LogP contribution is 1.97. The van der Waals surface area contributed by atoms with E-state index in [1.165, 1.54) is 0 Å².